The van der Waals surface area contributed by atoms with Crippen molar-refractivity contribution in [2.24, 2.45) is 0 Å². The van der Waals surface area contributed by atoms with Gasteiger partial charge in [-0.25, -0.2) is 9.78 Å². The van der Waals surface area contributed by atoms with E-state index in [0.717, 1.165) is 32.8 Å². The standard InChI is InChI=1S/C17H12N2O2/c1-21-17(20)10-6-4-8-14-12(10)9-15-16(19-14)11-5-2-3-7-13(11)18-15/h2-9,18H,1H3. The number of methoxy groups -OCH3 is 1. The van der Waals surface area contributed by atoms with Crippen LogP contribution in [0.1, 0.15) is 10.4 Å². The number of esters is 1. The maximum atomic E-state index is 11.9. The van der Waals surface area contributed by atoms with E-state index in [2.05, 4.69) is 4.98 Å². The van der Waals surface area contributed by atoms with Crippen molar-refractivity contribution in [3.63, 3.8) is 0 Å². The van der Waals surface area contributed by atoms with Crippen LogP contribution in [-0.4, -0.2) is 23.0 Å². The fourth-order valence-corrected chi connectivity index (χ4v) is 2.73. The first kappa shape index (κ1) is 11.9. The Labute approximate surface area is 120 Å². The smallest absolute Gasteiger partial charge is 0.338 e. The van der Waals surface area contributed by atoms with Crippen molar-refractivity contribution in [2.45, 2.75) is 0 Å². The van der Waals surface area contributed by atoms with E-state index in [1.807, 2.05) is 42.5 Å². The lowest BCUT2D eigenvalue weighted by molar-refractivity contribution is 0.0603. The normalized spacial score (nSPS) is 11.3. The molecule has 4 aromatic rings. The van der Waals surface area contributed by atoms with Crippen LogP contribution in [0.25, 0.3) is 32.8 Å². The fourth-order valence-electron chi connectivity index (χ4n) is 2.73. The lowest BCUT2D eigenvalue weighted by Crippen LogP contribution is -2.02. The maximum Gasteiger partial charge on any atom is 0.338 e. The van der Waals surface area contributed by atoms with Gasteiger partial charge in [-0.3, -0.25) is 0 Å². The average Bonchev–Trinajstić information content (AvgIpc) is 2.89. The maximum absolute atomic E-state index is 11.9. The number of rotatable bonds is 1. The predicted molar refractivity (Wildman–Crippen MR) is 82.4 cm³/mol. The van der Waals surface area contributed by atoms with E-state index in [1.54, 1.807) is 6.07 Å². The molecule has 0 aliphatic rings. The third kappa shape index (κ3) is 1.69. The van der Waals surface area contributed by atoms with Crippen molar-refractivity contribution in [3.8, 4) is 0 Å². The number of para-hydroxylation sites is 1. The van der Waals surface area contributed by atoms with Crippen molar-refractivity contribution in [2.75, 3.05) is 7.11 Å². The zero-order chi connectivity index (χ0) is 14.4. The number of carbonyl (C=O) groups excluding carboxylic acids is 1. The number of nitrogens with zero attached hydrogens (tertiary/aromatic N) is 1. The Morgan fingerprint density at radius 2 is 1.90 bits per heavy atom. The minimum absolute atomic E-state index is 0.349. The molecule has 0 saturated carbocycles. The van der Waals surface area contributed by atoms with Crippen LogP contribution in [0.2, 0.25) is 0 Å². The van der Waals surface area contributed by atoms with Crippen LogP contribution in [-0.2, 0) is 4.74 Å². The Bertz CT molecular complexity index is 1000. The molecule has 0 amide bonds. The molecule has 2 aromatic heterocycles. The Morgan fingerprint density at radius 3 is 2.76 bits per heavy atom. The number of nitrogens with one attached hydrogen (secondary N) is 1. The number of benzene rings is 2. The summed E-state index contributed by atoms with van der Waals surface area (Å²) in [6, 6.07) is 15.5. The quantitative estimate of drug-likeness (QED) is 0.540. The molecule has 1 N–H and O–H groups in total. The first-order chi connectivity index (χ1) is 10.3. The van der Waals surface area contributed by atoms with E-state index in [0.29, 0.717) is 5.56 Å². The number of aromatic amines is 1. The molecular formula is C17H12N2O2. The third-order valence-electron chi connectivity index (χ3n) is 3.72. The van der Waals surface area contributed by atoms with E-state index in [9.17, 15) is 4.79 Å². The van der Waals surface area contributed by atoms with Crippen LogP contribution >= 0.6 is 0 Å². The van der Waals surface area contributed by atoms with Crippen LogP contribution < -0.4 is 0 Å². The number of H-pyrrole nitrogens is 1. The second-order valence-electron chi connectivity index (χ2n) is 4.92. The molecule has 0 atom stereocenters. The van der Waals surface area contributed by atoms with Gasteiger partial charge in [0.2, 0.25) is 0 Å². The van der Waals surface area contributed by atoms with Gasteiger partial charge in [0, 0.05) is 16.3 Å². The van der Waals surface area contributed by atoms with Crippen molar-refractivity contribution in [1.82, 2.24) is 9.97 Å². The summed E-state index contributed by atoms with van der Waals surface area (Å²) in [4.78, 5) is 19.9. The molecule has 21 heavy (non-hydrogen) atoms. The Morgan fingerprint density at radius 1 is 1.05 bits per heavy atom. The molecule has 0 spiro atoms. The molecule has 0 saturated heterocycles. The zero-order valence-electron chi connectivity index (χ0n) is 11.4. The minimum Gasteiger partial charge on any atom is -0.465 e. The molecule has 0 unspecified atom stereocenters. The molecule has 4 nitrogen and oxygen atoms in total. The number of pyridine rings is 1. The highest BCUT2D eigenvalue weighted by atomic mass is 16.5. The summed E-state index contributed by atoms with van der Waals surface area (Å²) >= 11 is 0. The van der Waals surface area contributed by atoms with Gasteiger partial charge in [-0.05, 0) is 24.3 Å². The summed E-state index contributed by atoms with van der Waals surface area (Å²) in [7, 11) is 1.38. The van der Waals surface area contributed by atoms with Crippen LogP contribution in [0, 0.1) is 0 Å². The van der Waals surface area contributed by atoms with E-state index in [-0.39, 0.29) is 5.97 Å². The first-order valence-corrected chi connectivity index (χ1v) is 6.66. The molecule has 2 aromatic carbocycles. The monoisotopic (exact) mass is 276 g/mol. The summed E-state index contributed by atoms with van der Waals surface area (Å²) in [5.41, 5.74) is 4.19. The summed E-state index contributed by atoms with van der Waals surface area (Å²) < 4.78 is 4.84. The summed E-state index contributed by atoms with van der Waals surface area (Å²) in [6.45, 7) is 0. The van der Waals surface area contributed by atoms with Gasteiger partial charge in [-0.1, -0.05) is 24.3 Å². The molecule has 0 bridgehead atoms. The van der Waals surface area contributed by atoms with Gasteiger partial charge in [0.15, 0.2) is 0 Å². The van der Waals surface area contributed by atoms with E-state index >= 15 is 0 Å². The molecule has 2 heterocycles. The average molecular weight is 276 g/mol. The largest absolute Gasteiger partial charge is 0.465 e. The first-order valence-electron chi connectivity index (χ1n) is 6.66. The van der Waals surface area contributed by atoms with Crippen molar-refractivity contribution in [3.05, 3.63) is 54.1 Å². The summed E-state index contributed by atoms with van der Waals surface area (Å²) in [6.07, 6.45) is 0. The lowest BCUT2D eigenvalue weighted by atomic mass is 10.1. The minimum atomic E-state index is -0.349. The lowest BCUT2D eigenvalue weighted by Gasteiger charge is -2.04. The van der Waals surface area contributed by atoms with Gasteiger partial charge in [-0.2, -0.15) is 0 Å². The predicted octanol–water partition coefficient (Wildman–Crippen LogP) is 3.66. The van der Waals surface area contributed by atoms with Crippen LogP contribution in [0.5, 0.6) is 0 Å². The van der Waals surface area contributed by atoms with Crippen molar-refractivity contribution in [1.29, 1.82) is 0 Å². The highest BCUT2D eigenvalue weighted by Crippen LogP contribution is 2.28. The third-order valence-corrected chi connectivity index (χ3v) is 3.72. The van der Waals surface area contributed by atoms with Crippen molar-refractivity contribution >= 4 is 38.8 Å². The van der Waals surface area contributed by atoms with Crippen LogP contribution in [0.4, 0.5) is 0 Å². The topological polar surface area (TPSA) is 55.0 Å². The number of aromatic nitrogens is 2. The highest BCUT2D eigenvalue weighted by molar-refractivity contribution is 6.11. The summed E-state index contributed by atoms with van der Waals surface area (Å²) in [5.74, 6) is -0.349. The van der Waals surface area contributed by atoms with E-state index < -0.39 is 0 Å². The number of ether oxygens (including phenoxy) is 1. The molecule has 0 radical (unpaired) electrons. The number of carbonyl (C=O) groups is 1. The second kappa shape index (κ2) is 4.31. The van der Waals surface area contributed by atoms with Gasteiger partial charge in [0.1, 0.15) is 0 Å². The number of hydrogen-bond acceptors (Lipinski definition) is 3. The summed E-state index contributed by atoms with van der Waals surface area (Å²) in [5, 5.41) is 1.88. The van der Waals surface area contributed by atoms with Gasteiger partial charge in [0.25, 0.3) is 0 Å². The Hall–Kier alpha value is -2.88. The molecular weight excluding hydrogens is 264 g/mol. The van der Waals surface area contributed by atoms with Gasteiger partial charge < -0.3 is 9.72 Å². The number of hydrogen-bond donors (Lipinski definition) is 1. The molecule has 4 rings (SSSR count). The molecule has 0 aliphatic heterocycles. The fraction of sp³-hybridized carbons (Fsp3) is 0.0588. The van der Waals surface area contributed by atoms with Gasteiger partial charge >= 0.3 is 5.97 Å². The Balaban J connectivity index is 2.14. The zero-order valence-corrected chi connectivity index (χ0v) is 11.4. The van der Waals surface area contributed by atoms with E-state index in [1.165, 1.54) is 7.11 Å². The van der Waals surface area contributed by atoms with Gasteiger partial charge in [-0.15, -0.1) is 0 Å². The molecule has 4 heteroatoms. The molecule has 0 aliphatic carbocycles. The van der Waals surface area contributed by atoms with Crippen LogP contribution in [0.3, 0.4) is 0 Å². The van der Waals surface area contributed by atoms with Crippen LogP contribution in [0.15, 0.2) is 48.5 Å². The SMILES string of the molecule is COC(=O)c1cccc2nc3c(cc12)[nH]c1ccccc13. The second-order valence-corrected chi connectivity index (χ2v) is 4.92. The van der Waals surface area contributed by atoms with E-state index in [4.69, 9.17) is 9.72 Å². The Kier molecular flexibility index (Phi) is 2.44. The molecule has 102 valence electrons. The highest BCUT2D eigenvalue weighted by Gasteiger charge is 2.13. The number of fused-ring (bicyclic) bond motifs is 4. The van der Waals surface area contributed by atoms with Crippen molar-refractivity contribution < 1.29 is 9.53 Å². The van der Waals surface area contributed by atoms with Gasteiger partial charge in [0.05, 0.1) is 29.2 Å². The molecule has 0 fully saturated rings.